The highest BCUT2D eigenvalue weighted by Crippen LogP contribution is 2.10. The first-order valence-electron chi connectivity index (χ1n) is 6.75. The maximum absolute atomic E-state index is 12.2. The summed E-state index contributed by atoms with van der Waals surface area (Å²) in [6.07, 6.45) is 0.696. The van der Waals surface area contributed by atoms with Crippen molar-refractivity contribution < 1.29 is 14.7 Å². The molecule has 2 aromatic carbocycles. The van der Waals surface area contributed by atoms with E-state index in [-0.39, 0.29) is 23.1 Å². The third kappa shape index (κ3) is 3.92. The summed E-state index contributed by atoms with van der Waals surface area (Å²) >= 11 is 0. The van der Waals surface area contributed by atoms with Gasteiger partial charge in [0.15, 0.2) is 0 Å². The highest BCUT2D eigenvalue weighted by molar-refractivity contribution is 6.04. The van der Waals surface area contributed by atoms with Crippen molar-refractivity contribution in [2.45, 2.75) is 19.4 Å². The summed E-state index contributed by atoms with van der Waals surface area (Å²) in [7, 11) is 0. The van der Waals surface area contributed by atoms with Crippen molar-refractivity contribution in [3.63, 3.8) is 0 Å². The molecule has 0 aromatic heterocycles. The molecule has 0 saturated carbocycles. The summed E-state index contributed by atoms with van der Waals surface area (Å²) in [5.74, 6) is -1.46. The van der Waals surface area contributed by atoms with Crippen LogP contribution in [0.25, 0.3) is 0 Å². The molecule has 0 aliphatic carbocycles. The number of hydrogen-bond donors (Lipinski definition) is 2. The summed E-state index contributed by atoms with van der Waals surface area (Å²) < 4.78 is 0. The zero-order chi connectivity index (χ0) is 15.2. The molecule has 0 spiro atoms. The van der Waals surface area contributed by atoms with Gasteiger partial charge in [-0.05, 0) is 31.0 Å². The molecule has 0 aliphatic heterocycles. The van der Waals surface area contributed by atoms with Crippen LogP contribution >= 0.6 is 0 Å². The van der Waals surface area contributed by atoms with Crippen LogP contribution in [0.2, 0.25) is 0 Å². The summed E-state index contributed by atoms with van der Waals surface area (Å²) in [6, 6.07) is 16.0. The van der Waals surface area contributed by atoms with Crippen molar-refractivity contribution in [2.24, 2.45) is 0 Å². The number of nitrogens with one attached hydrogen (secondary N) is 1. The minimum absolute atomic E-state index is 0.0157. The fourth-order valence-electron chi connectivity index (χ4n) is 2.19. The van der Waals surface area contributed by atoms with Crippen molar-refractivity contribution in [1.29, 1.82) is 0 Å². The molecular formula is C17H17NO3. The Labute approximate surface area is 123 Å². The minimum atomic E-state index is -1.10. The van der Waals surface area contributed by atoms with E-state index in [2.05, 4.69) is 5.32 Å². The molecule has 0 radical (unpaired) electrons. The maximum atomic E-state index is 12.2. The molecule has 0 saturated heterocycles. The second kappa shape index (κ2) is 6.70. The number of carboxylic acids is 1. The van der Waals surface area contributed by atoms with Crippen LogP contribution in [0.3, 0.4) is 0 Å². The van der Waals surface area contributed by atoms with E-state index in [0.29, 0.717) is 6.42 Å². The van der Waals surface area contributed by atoms with E-state index in [1.54, 1.807) is 12.1 Å². The summed E-state index contributed by atoms with van der Waals surface area (Å²) in [5.41, 5.74) is 1.32. The first-order chi connectivity index (χ1) is 10.1. The van der Waals surface area contributed by atoms with Crippen LogP contribution in [0.15, 0.2) is 54.6 Å². The monoisotopic (exact) mass is 283 g/mol. The lowest BCUT2D eigenvalue weighted by Crippen LogP contribution is -2.34. The number of amides is 1. The molecule has 4 nitrogen and oxygen atoms in total. The Morgan fingerprint density at radius 3 is 2.19 bits per heavy atom. The largest absolute Gasteiger partial charge is 0.478 e. The fraction of sp³-hybridized carbons (Fsp3) is 0.176. The molecule has 108 valence electrons. The van der Waals surface area contributed by atoms with Gasteiger partial charge in [-0.25, -0.2) is 4.79 Å². The highest BCUT2D eigenvalue weighted by atomic mass is 16.4. The van der Waals surface area contributed by atoms with Crippen LogP contribution in [0, 0.1) is 0 Å². The van der Waals surface area contributed by atoms with E-state index < -0.39 is 5.97 Å². The Hall–Kier alpha value is -2.62. The van der Waals surface area contributed by atoms with Crippen molar-refractivity contribution in [2.75, 3.05) is 0 Å². The second-order valence-electron chi connectivity index (χ2n) is 4.91. The number of carboxylic acid groups (broad SMARTS) is 1. The molecule has 2 N–H and O–H groups in total. The lowest BCUT2D eigenvalue weighted by atomic mass is 10.0. The number of carbonyl (C=O) groups excluding carboxylic acids is 1. The Kier molecular flexibility index (Phi) is 4.72. The average Bonchev–Trinajstić information content (AvgIpc) is 2.48. The lowest BCUT2D eigenvalue weighted by molar-refractivity contribution is 0.0690. The predicted octanol–water partition coefficient (Wildman–Crippen LogP) is 2.75. The zero-order valence-corrected chi connectivity index (χ0v) is 11.7. The van der Waals surface area contributed by atoms with Crippen molar-refractivity contribution in [3.05, 3.63) is 71.3 Å². The van der Waals surface area contributed by atoms with Crippen molar-refractivity contribution >= 4 is 11.9 Å². The van der Waals surface area contributed by atoms with Crippen LogP contribution in [-0.2, 0) is 6.42 Å². The Morgan fingerprint density at radius 1 is 1.00 bits per heavy atom. The van der Waals surface area contributed by atoms with E-state index >= 15 is 0 Å². The van der Waals surface area contributed by atoms with Crippen molar-refractivity contribution in [3.8, 4) is 0 Å². The predicted molar refractivity (Wildman–Crippen MR) is 80.5 cm³/mol. The first-order valence-corrected chi connectivity index (χ1v) is 6.75. The Bertz CT molecular complexity index is 637. The maximum Gasteiger partial charge on any atom is 0.336 e. The highest BCUT2D eigenvalue weighted by Gasteiger charge is 2.17. The van der Waals surface area contributed by atoms with Crippen LogP contribution < -0.4 is 5.32 Å². The molecule has 0 bridgehead atoms. The molecule has 0 fully saturated rings. The molecule has 21 heavy (non-hydrogen) atoms. The van der Waals surface area contributed by atoms with E-state index in [1.165, 1.54) is 12.1 Å². The number of hydrogen-bond acceptors (Lipinski definition) is 2. The van der Waals surface area contributed by atoms with E-state index in [1.807, 2.05) is 37.3 Å². The van der Waals surface area contributed by atoms with Gasteiger partial charge in [0.25, 0.3) is 5.91 Å². The average molecular weight is 283 g/mol. The molecule has 4 heteroatoms. The van der Waals surface area contributed by atoms with E-state index in [0.717, 1.165) is 5.56 Å². The van der Waals surface area contributed by atoms with Crippen LogP contribution in [0.1, 0.15) is 33.2 Å². The Morgan fingerprint density at radius 2 is 1.57 bits per heavy atom. The van der Waals surface area contributed by atoms with Crippen molar-refractivity contribution in [1.82, 2.24) is 5.32 Å². The Balaban J connectivity index is 2.06. The van der Waals surface area contributed by atoms with Gasteiger partial charge in [-0.1, -0.05) is 42.5 Å². The van der Waals surface area contributed by atoms with Crippen LogP contribution in [0.5, 0.6) is 0 Å². The van der Waals surface area contributed by atoms with Gasteiger partial charge in [0.1, 0.15) is 0 Å². The quantitative estimate of drug-likeness (QED) is 0.886. The number of carbonyl (C=O) groups is 2. The second-order valence-corrected chi connectivity index (χ2v) is 4.91. The third-order valence-electron chi connectivity index (χ3n) is 3.16. The fourth-order valence-corrected chi connectivity index (χ4v) is 2.19. The third-order valence-corrected chi connectivity index (χ3v) is 3.16. The standard InChI is InChI=1S/C17H17NO3/c1-12(11-13-7-3-2-4-8-13)18-16(19)14-9-5-6-10-15(14)17(20)21/h2-10,12H,11H2,1H3,(H,18,19)(H,20,21). The van der Waals surface area contributed by atoms with Gasteiger partial charge in [-0.2, -0.15) is 0 Å². The lowest BCUT2D eigenvalue weighted by Gasteiger charge is -2.15. The van der Waals surface area contributed by atoms with Gasteiger partial charge < -0.3 is 10.4 Å². The summed E-state index contributed by atoms with van der Waals surface area (Å²) in [6.45, 7) is 1.90. The van der Waals surface area contributed by atoms with Gasteiger partial charge >= 0.3 is 5.97 Å². The van der Waals surface area contributed by atoms with E-state index in [4.69, 9.17) is 5.11 Å². The molecule has 1 atom stereocenters. The number of rotatable bonds is 5. The van der Waals surface area contributed by atoms with Gasteiger partial charge in [0.2, 0.25) is 0 Å². The molecule has 2 aromatic rings. The molecular weight excluding hydrogens is 266 g/mol. The molecule has 2 rings (SSSR count). The minimum Gasteiger partial charge on any atom is -0.478 e. The molecule has 1 unspecified atom stereocenters. The number of aromatic carboxylic acids is 1. The first kappa shape index (κ1) is 14.8. The van der Waals surface area contributed by atoms with Crippen LogP contribution in [0.4, 0.5) is 0 Å². The van der Waals surface area contributed by atoms with Gasteiger partial charge in [-0.3, -0.25) is 4.79 Å². The number of benzene rings is 2. The van der Waals surface area contributed by atoms with Gasteiger partial charge in [0, 0.05) is 6.04 Å². The summed E-state index contributed by atoms with van der Waals surface area (Å²) in [5, 5.41) is 11.9. The topological polar surface area (TPSA) is 66.4 Å². The normalized spacial score (nSPS) is 11.7. The molecule has 0 heterocycles. The van der Waals surface area contributed by atoms with E-state index in [9.17, 15) is 9.59 Å². The molecule has 0 aliphatic rings. The van der Waals surface area contributed by atoms with Gasteiger partial charge in [0.05, 0.1) is 11.1 Å². The SMILES string of the molecule is CC(Cc1ccccc1)NC(=O)c1ccccc1C(=O)O. The van der Waals surface area contributed by atoms with Gasteiger partial charge in [-0.15, -0.1) is 0 Å². The molecule has 1 amide bonds. The van der Waals surface area contributed by atoms with Crippen LogP contribution in [-0.4, -0.2) is 23.0 Å². The summed E-state index contributed by atoms with van der Waals surface area (Å²) in [4.78, 5) is 23.3. The zero-order valence-electron chi connectivity index (χ0n) is 11.7. The smallest absolute Gasteiger partial charge is 0.336 e.